The van der Waals surface area contributed by atoms with Gasteiger partial charge in [-0.3, -0.25) is 9.59 Å². The average Bonchev–Trinajstić information content (AvgIpc) is 2.57. The first-order chi connectivity index (χ1) is 11.5. The third-order valence-corrected chi connectivity index (χ3v) is 4.17. The molecule has 1 amide bonds. The van der Waals surface area contributed by atoms with E-state index in [-0.39, 0.29) is 11.7 Å². The molecule has 0 saturated carbocycles. The molecule has 0 fully saturated rings. The first kappa shape index (κ1) is 18.2. The molecule has 0 radical (unpaired) electrons. The number of aryl methyl sites for hydroxylation is 1. The van der Waals surface area contributed by atoms with Gasteiger partial charge in [0.2, 0.25) is 5.91 Å². The maximum atomic E-state index is 12.9. The summed E-state index contributed by atoms with van der Waals surface area (Å²) in [4.78, 5) is 24.3. The highest BCUT2D eigenvalue weighted by molar-refractivity contribution is 9.10. The van der Waals surface area contributed by atoms with Crippen molar-refractivity contribution in [2.24, 2.45) is 0 Å². The van der Waals surface area contributed by atoms with Gasteiger partial charge < -0.3 is 10.1 Å². The summed E-state index contributed by atoms with van der Waals surface area (Å²) in [7, 11) is 0. The lowest BCUT2D eigenvalue weighted by Crippen LogP contribution is -2.12. The molecule has 2 aromatic rings. The zero-order valence-corrected chi connectivity index (χ0v) is 15.6. The Morgan fingerprint density at radius 2 is 1.79 bits per heavy atom. The summed E-state index contributed by atoms with van der Waals surface area (Å²) < 4.78 is 6.19. The van der Waals surface area contributed by atoms with Crippen LogP contribution in [0.3, 0.4) is 0 Å². The van der Waals surface area contributed by atoms with E-state index in [0.29, 0.717) is 33.6 Å². The van der Waals surface area contributed by atoms with Crippen LogP contribution in [0, 0.1) is 0 Å². The normalized spacial score (nSPS) is 10.3. The van der Waals surface area contributed by atoms with Crippen LogP contribution >= 0.6 is 15.9 Å². The van der Waals surface area contributed by atoms with Crippen molar-refractivity contribution >= 4 is 33.3 Å². The molecule has 2 aromatic carbocycles. The van der Waals surface area contributed by atoms with Gasteiger partial charge in [-0.15, -0.1) is 0 Å². The second kappa shape index (κ2) is 8.11. The topological polar surface area (TPSA) is 55.4 Å². The fraction of sp³-hybridized carbons (Fsp3) is 0.263. The van der Waals surface area contributed by atoms with Gasteiger partial charge in [-0.05, 0) is 40.9 Å². The number of amides is 1. The quantitative estimate of drug-likeness (QED) is 0.734. The monoisotopic (exact) mass is 389 g/mol. The van der Waals surface area contributed by atoms with Crippen LogP contribution in [-0.4, -0.2) is 18.3 Å². The van der Waals surface area contributed by atoms with Crippen LogP contribution in [0.25, 0.3) is 0 Å². The first-order valence-corrected chi connectivity index (χ1v) is 8.63. The zero-order valence-electron chi connectivity index (χ0n) is 14.0. The van der Waals surface area contributed by atoms with E-state index in [4.69, 9.17) is 4.74 Å². The van der Waals surface area contributed by atoms with E-state index in [1.54, 1.807) is 12.1 Å². The van der Waals surface area contributed by atoms with Gasteiger partial charge in [-0.1, -0.05) is 31.2 Å². The Bertz CT molecular complexity index is 754. The van der Waals surface area contributed by atoms with Gasteiger partial charge in [0.25, 0.3) is 0 Å². The number of rotatable bonds is 6. The highest BCUT2D eigenvalue weighted by Crippen LogP contribution is 2.33. The third-order valence-electron chi connectivity index (χ3n) is 3.55. The summed E-state index contributed by atoms with van der Waals surface area (Å²) in [6.45, 7) is 5.84. The SMILES string of the molecule is CCOc1cc(NC(C)=O)c(C(=O)c2ccc(CC)cc2)cc1Br. The summed E-state index contributed by atoms with van der Waals surface area (Å²) in [5.74, 6) is 0.194. The second-order valence-electron chi connectivity index (χ2n) is 5.32. The van der Waals surface area contributed by atoms with Crippen molar-refractivity contribution in [1.82, 2.24) is 0 Å². The Morgan fingerprint density at radius 3 is 2.33 bits per heavy atom. The van der Waals surface area contributed by atoms with Crippen molar-refractivity contribution in [2.45, 2.75) is 27.2 Å². The minimum absolute atomic E-state index is 0.148. The van der Waals surface area contributed by atoms with Crippen molar-refractivity contribution < 1.29 is 14.3 Å². The van der Waals surface area contributed by atoms with Crippen molar-refractivity contribution in [3.05, 3.63) is 57.6 Å². The van der Waals surface area contributed by atoms with Gasteiger partial charge in [-0.25, -0.2) is 0 Å². The lowest BCUT2D eigenvalue weighted by atomic mass is 9.99. The Hall–Kier alpha value is -2.14. The molecular formula is C19H20BrNO3. The van der Waals surface area contributed by atoms with E-state index in [9.17, 15) is 9.59 Å². The van der Waals surface area contributed by atoms with Crippen molar-refractivity contribution in [3.8, 4) is 5.75 Å². The fourth-order valence-electron chi connectivity index (χ4n) is 2.35. The smallest absolute Gasteiger partial charge is 0.221 e. The summed E-state index contributed by atoms with van der Waals surface area (Å²) >= 11 is 3.42. The average molecular weight is 390 g/mol. The number of carbonyl (C=O) groups is 2. The van der Waals surface area contributed by atoms with Gasteiger partial charge in [-0.2, -0.15) is 0 Å². The Kier molecular flexibility index (Phi) is 6.15. The van der Waals surface area contributed by atoms with Crippen LogP contribution in [0.4, 0.5) is 5.69 Å². The number of ether oxygens (including phenoxy) is 1. The molecule has 0 aliphatic heterocycles. The van der Waals surface area contributed by atoms with Crippen molar-refractivity contribution in [1.29, 1.82) is 0 Å². The molecule has 0 heterocycles. The fourth-order valence-corrected chi connectivity index (χ4v) is 2.81. The Labute approximate surface area is 150 Å². The van der Waals surface area contributed by atoms with Crippen LogP contribution in [0.2, 0.25) is 0 Å². The van der Waals surface area contributed by atoms with Crippen LogP contribution in [0.5, 0.6) is 5.75 Å². The van der Waals surface area contributed by atoms with Crippen LogP contribution in [0.1, 0.15) is 42.3 Å². The number of ketones is 1. The number of nitrogens with one attached hydrogen (secondary N) is 1. The van der Waals surface area contributed by atoms with Gasteiger partial charge in [0.15, 0.2) is 5.78 Å². The number of benzene rings is 2. The maximum absolute atomic E-state index is 12.9. The molecule has 126 valence electrons. The molecule has 0 bridgehead atoms. The third kappa shape index (κ3) is 4.23. The van der Waals surface area contributed by atoms with Crippen LogP contribution in [-0.2, 0) is 11.2 Å². The maximum Gasteiger partial charge on any atom is 0.221 e. The van der Waals surface area contributed by atoms with Crippen molar-refractivity contribution in [2.75, 3.05) is 11.9 Å². The summed E-state index contributed by atoms with van der Waals surface area (Å²) in [6, 6.07) is 10.9. The largest absolute Gasteiger partial charge is 0.493 e. The predicted molar refractivity (Wildman–Crippen MR) is 98.9 cm³/mol. The summed E-state index contributed by atoms with van der Waals surface area (Å²) in [6.07, 6.45) is 0.917. The molecule has 0 spiro atoms. The zero-order chi connectivity index (χ0) is 17.7. The molecule has 0 saturated heterocycles. The molecule has 4 nitrogen and oxygen atoms in total. The molecule has 0 aromatic heterocycles. The lowest BCUT2D eigenvalue weighted by Gasteiger charge is -2.14. The minimum atomic E-state index is -0.241. The second-order valence-corrected chi connectivity index (χ2v) is 6.18. The molecule has 24 heavy (non-hydrogen) atoms. The van der Waals surface area contributed by atoms with E-state index in [1.165, 1.54) is 12.5 Å². The molecule has 0 atom stereocenters. The number of hydrogen-bond donors (Lipinski definition) is 1. The van der Waals surface area contributed by atoms with E-state index < -0.39 is 0 Å². The standard InChI is InChI=1S/C19H20BrNO3/c1-4-13-6-8-14(9-7-13)19(23)15-10-16(20)18(24-5-2)11-17(15)21-12(3)22/h6-11H,4-5H2,1-3H3,(H,21,22). The molecule has 2 rings (SSSR count). The van der Waals surface area contributed by atoms with Crippen LogP contribution < -0.4 is 10.1 Å². The van der Waals surface area contributed by atoms with E-state index in [2.05, 4.69) is 28.2 Å². The molecule has 0 aliphatic carbocycles. The van der Waals surface area contributed by atoms with E-state index >= 15 is 0 Å². The molecular weight excluding hydrogens is 370 g/mol. The predicted octanol–water partition coefficient (Wildman–Crippen LogP) is 4.60. The summed E-state index contributed by atoms with van der Waals surface area (Å²) in [5.41, 5.74) is 2.61. The lowest BCUT2D eigenvalue weighted by molar-refractivity contribution is -0.114. The van der Waals surface area contributed by atoms with Crippen LogP contribution in [0.15, 0.2) is 40.9 Å². The van der Waals surface area contributed by atoms with Gasteiger partial charge >= 0.3 is 0 Å². The molecule has 1 N–H and O–H groups in total. The number of hydrogen-bond acceptors (Lipinski definition) is 3. The number of anilines is 1. The van der Waals surface area contributed by atoms with Gasteiger partial charge in [0.05, 0.1) is 16.8 Å². The first-order valence-electron chi connectivity index (χ1n) is 7.83. The minimum Gasteiger partial charge on any atom is -0.493 e. The highest BCUT2D eigenvalue weighted by atomic mass is 79.9. The summed E-state index contributed by atoms with van der Waals surface area (Å²) in [5, 5.41) is 2.71. The Balaban J connectivity index is 2.47. The van der Waals surface area contributed by atoms with Gasteiger partial charge in [0.1, 0.15) is 5.75 Å². The number of halogens is 1. The van der Waals surface area contributed by atoms with Gasteiger partial charge in [0, 0.05) is 24.1 Å². The molecule has 0 unspecified atom stereocenters. The van der Waals surface area contributed by atoms with E-state index in [1.807, 2.05) is 31.2 Å². The van der Waals surface area contributed by atoms with Crippen molar-refractivity contribution in [3.63, 3.8) is 0 Å². The molecule has 0 aliphatic rings. The molecule has 5 heteroatoms. The Morgan fingerprint density at radius 1 is 1.12 bits per heavy atom. The van der Waals surface area contributed by atoms with E-state index in [0.717, 1.165) is 6.42 Å². The number of carbonyl (C=O) groups excluding carboxylic acids is 2. The highest BCUT2D eigenvalue weighted by Gasteiger charge is 2.18.